The van der Waals surface area contributed by atoms with E-state index in [0.717, 1.165) is 0 Å². The second-order valence-electron chi connectivity index (χ2n) is 6.41. The first kappa shape index (κ1) is 20.4. The highest BCUT2D eigenvalue weighted by molar-refractivity contribution is 5.94. The Hall–Kier alpha value is -2.64. The molecule has 0 spiro atoms. The van der Waals surface area contributed by atoms with Crippen molar-refractivity contribution < 1.29 is 29.0 Å². The van der Waals surface area contributed by atoms with Crippen molar-refractivity contribution >= 4 is 23.8 Å². The summed E-state index contributed by atoms with van der Waals surface area (Å²) in [5.74, 6) is -3.07. The summed E-state index contributed by atoms with van der Waals surface area (Å²) in [5, 5.41) is 11.7. The molecule has 138 valence electrons. The molecule has 1 atom stereocenters. The van der Waals surface area contributed by atoms with Crippen LogP contribution in [-0.4, -0.2) is 40.3 Å². The summed E-state index contributed by atoms with van der Waals surface area (Å²) in [6, 6.07) is 3.14. The zero-order valence-corrected chi connectivity index (χ0v) is 15.1. The van der Waals surface area contributed by atoms with Crippen LogP contribution in [0.3, 0.4) is 0 Å². The van der Waals surface area contributed by atoms with Gasteiger partial charge in [0.15, 0.2) is 5.92 Å². The number of pyridine rings is 1. The lowest BCUT2D eigenvalue weighted by atomic mass is 9.98. The number of carbonyl (C=O) groups is 3. The molecule has 0 saturated heterocycles. The van der Waals surface area contributed by atoms with E-state index in [0.29, 0.717) is 11.3 Å². The number of rotatable bonds is 6. The van der Waals surface area contributed by atoms with Crippen molar-refractivity contribution in [3.8, 4) is 0 Å². The summed E-state index contributed by atoms with van der Waals surface area (Å²) in [6.07, 6.45) is -0.679. The Morgan fingerprint density at radius 1 is 1.28 bits per heavy atom. The fourth-order valence-corrected chi connectivity index (χ4v) is 2.02. The van der Waals surface area contributed by atoms with Crippen molar-refractivity contribution in [1.82, 2.24) is 4.98 Å². The van der Waals surface area contributed by atoms with Crippen LogP contribution in [0, 0.1) is 12.8 Å². The Kier molecular flexibility index (Phi) is 6.90. The third-order valence-corrected chi connectivity index (χ3v) is 3.12. The highest BCUT2D eigenvalue weighted by Crippen LogP contribution is 2.17. The maximum absolute atomic E-state index is 11.7. The van der Waals surface area contributed by atoms with E-state index in [1.807, 2.05) is 0 Å². The standard InChI is InChI=1S/C17H24N2O6/c1-6-24-15(22)12(14(20)21)9-11-7-8-13(18-10(11)2)19-16(23)25-17(3,4)5/h7-8,12H,6,9H2,1-5H3,(H,20,21)(H,18,19,23). The predicted molar refractivity (Wildman–Crippen MR) is 90.3 cm³/mol. The number of hydrogen-bond donors (Lipinski definition) is 2. The number of nitrogens with zero attached hydrogens (tertiary/aromatic N) is 1. The number of nitrogens with one attached hydrogen (secondary N) is 1. The minimum atomic E-state index is -1.30. The summed E-state index contributed by atoms with van der Waals surface area (Å²) in [7, 11) is 0. The summed E-state index contributed by atoms with van der Waals surface area (Å²) in [5.41, 5.74) is 0.451. The molecule has 2 N–H and O–H groups in total. The SMILES string of the molecule is CCOC(=O)C(Cc1ccc(NC(=O)OC(C)(C)C)nc1C)C(=O)O. The van der Waals surface area contributed by atoms with Gasteiger partial charge in [0.1, 0.15) is 11.4 Å². The number of carboxylic acid groups (broad SMARTS) is 1. The lowest BCUT2D eigenvalue weighted by Gasteiger charge is -2.19. The van der Waals surface area contributed by atoms with Crippen LogP contribution in [0.5, 0.6) is 0 Å². The molecule has 0 aliphatic rings. The molecular formula is C17H24N2O6. The molecule has 1 heterocycles. The maximum atomic E-state index is 11.7. The zero-order valence-electron chi connectivity index (χ0n) is 15.1. The predicted octanol–water partition coefficient (Wildman–Crippen LogP) is 2.54. The van der Waals surface area contributed by atoms with Crippen molar-refractivity contribution in [2.45, 2.75) is 46.6 Å². The molecule has 1 aromatic rings. The summed E-state index contributed by atoms with van der Waals surface area (Å²) in [6.45, 7) is 8.63. The highest BCUT2D eigenvalue weighted by Gasteiger charge is 2.28. The molecule has 1 amide bonds. The van der Waals surface area contributed by atoms with Crippen molar-refractivity contribution in [1.29, 1.82) is 0 Å². The Balaban J connectivity index is 2.85. The fraction of sp³-hybridized carbons (Fsp3) is 0.529. The quantitative estimate of drug-likeness (QED) is 0.597. The van der Waals surface area contributed by atoms with Crippen LogP contribution in [0.25, 0.3) is 0 Å². The maximum Gasteiger partial charge on any atom is 0.413 e. The average Bonchev–Trinajstić information content (AvgIpc) is 2.44. The van der Waals surface area contributed by atoms with Crippen molar-refractivity contribution in [2.75, 3.05) is 11.9 Å². The molecule has 0 aliphatic heterocycles. The second-order valence-corrected chi connectivity index (χ2v) is 6.41. The van der Waals surface area contributed by atoms with Gasteiger partial charge in [0.2, 0.25) is 0 Å². The minimum Gasteiger partial charge on any atom is -0.481 e. The Bertz CT molecular complexity index is 651. The van der Waals surface area contributed by atoms with Crippen LogP contribution in [0.4, 0.5) is 10.6 Å². The number of anilines is 1. The van der Waals surface area contributed by atoms with Crippen molar-refractivity contribution in [3.05, 3.63) is 23.4 Å². The number of carbonyl (C=O) groups excluding carboxylic acids is 2. The largest absolute Gasteiger partial charge is 0.481 e. The number of esters is 1. The first-order chi connectivity index (χ1) is 11.5. The van der Waals surface area contributed by atoms with Crippen molar-refractivity contribution in [3.63, 3.8) is 0 Å². The van der Waals surface area contributed by atoms with Crippen LogP contribution in [0.1, 0.15) is 39.0 Å². The molecule has 0 saturated carbocycles. The smallest absolute Gasteiger partial charge is 0.413 e. The van der Waals surface area contributed by atoms with E-state index < -0.39 is 29.6 Å². The number of aryl methyl sites for hydroxylation is 1. The van der Waals surface area contributed by atoms with Crippen LogP contribution in [-0.2, 0) is 25.5 Å². The van der Waals surface area contributed by atoms with Crippen LogP contribution < -0.4 is 5.32 Å². The Labute approximate surface area is 146 Å². The van der Waals surface area contributed by atoms with Gasteiger partial charge in [-0.3, -0.25) is 14.9 Å². The molecule has 1 aromatic heterocycles. The molecule has 8 heteroatoms. The van der Waals surface area contributed by atoms with Gasteiger partial charge in [0.05, 0.1) is 6.61 Å². The van der Waals surface area contributed by atoms with E-state index >= 15 is 0 Å². The molecule has 8 nitrogen and oxygen atoms in total. The first-order valence-corrected chi connectivity index (χ1v) is 7.89. The van der Waals surface area contributed by atoms with Crippen molar-refractivity contribution in [2.24, 2.45) is 5.92 Å². The molecule has 1 rings (SSSR count). The summed E-state index contributed by atoms with van der Waals surface area (Å²) < 4.78 is 9.92. The van der Waals surface area contributed by atoms with Gasteiger partial charge in [-0.2, -0.15) is 0 Å². The molecule has 25 heavy (non-hydrogen) atoms. The number of amides is 1. The van der Waals surface area contributed by atoms with Gasteiger partial charge in [-0.05, 0) is 52.7 Å². The molecule has 0 aromatic carbocycles. The van der Waals surface area contributed by atoms with Gasteiger partial charge in [0, 0.05) is 5.69 Å². The van der Waals surface area contributed by atoms with Gasteiger partial charge in [-0.15, -0.1) is 0 Å². The molecular weight excluding hydrogens is 328 g/mol. The number of aromatic nitrogens is 1. The average molecular weight is 352 g/mol. The second kappa shape index (κ2) is 8.46. The van der Waals surface area contributed by atoms with E-state index in [2.05, 4.69) is 10.3 Å². The van der Waals surface area contributed by atoms with Crippen LogP contribution in [0.2, 0.25) is 0 Å². The van der Waals surface area contributed by atoms with Crippen LogP contribution >= 0.6 is 0 Å². The normalized spacial score (nSPS) is 12.2. The summed E-state index contributed by atoms with van der Waals surface area (Å²) >= 11 is 0. The van der Waals surface area contributed by atoms with Gasteiger partial charge in [-0.1, -0.05) is 6.07 Å². The van der Waals surface area contributed by atoms with E-state index in [4.69, 9.17) is 9.47 Å². The molecule has 0 fully saturated rings. The van der Waals surface area contributed by atoms with Gasteiger partial charge < -0.3 is 14.6 Å². The number of ether oxygens (including phenoxy) is 2. The van der Waals surface area contributed by atoms with Gasteiger partial charge in [-0.25, -0.2) is 9.78 Å². The van der Waals surface area contributed by atoms with Gasteiger partial charge in [0.25, 0.3) is 0 Å². The van der Waals surface area contributed by atoms with Gasteiger partial charge >= 0.3 is 18.0 Å². The first-order valence-electron chi connectivity index (χ1n) is 7.89. The fourth-order valence-electron chi connectivity index (χ4n) is 2.02. The molecule has 0 aliphatic carbocycles. The molecule has 0 bridgehead atoms. The lowest BCUT2D eigenvalue weighted by Crippen LogP contribution is -2.28. The topological polar surface area (TPSA) is 115 Å². The Morgan fingerprint density at radius 2 is 1.92 bits per heavy atom. The molecule has 1 unspecified atom stereocenters. The van der Waals surface area contributed by atoms with E-state index in [-0.39, 0.29) is 18.8 Å². The third kappa shape index (κ3) is 6.78. The monoisotopic (exact) mass is 352 g/mol. The minimum absolute atomic E-state index is 0.0419. The molecule has 0 radical (unpaired) electrons. The van der Waals surface area contributed by atoms with E-state index in [1.54, 1.807) is 40.7 Å². The number of aliphatic carboxylic acids is 1. The lowest BCUT2D eigenvalue weighted by molar-refractivity contribution is -0.158. The zero-order chi connectivity index (χ0) is 19.2. The van der Waals surface area contributed by atoms with Crippen LogP contribution in [0.15, 0.2) is 12.1 Å². The summed E-state index contributed by atoms with van der Waals surface area (Å²) in [4.78, 5) is 39.0. The highest BCUT2D eigenvalue weighted by atomic mass is 16.6. The third-order valence-electron chi connectivity index (χ3n) is 3.12. The number of hydrogen-bond acceptors (Lipinski definition) is 6. The van der Waals surface area contributed by atoms with E-state index in [1.165, 1.54) is 6.07 Å². The Morgan fingerprint density at radius 3 is 2.40 bits per heavy atom. The number of carboxylic acids is 1. The van der Waals surface area contributed by atoms with E-state index in [9.17, 15) is 19.5 Å².